The smallest absolute Gasteiger partial charge is 0.303 e. The summed E-state index contributed by atoms with van der Waals surface area (Å²) in [7, 11) is 0. The molecule has 3 N–H and O–H groups in total. The highest BCUT2D eigenvalue weighted by Crippen LogP contribution is 2.45. The third kappa shape index (κ3) is 4.60. The molecular formula is C19H35NO5. The third-order valence-electron chi connectivity index (χ3n) is 5.43. The average Bonchev–Trinajstić information content (AvgIpc) is 2.64. The normalized spacial score (nSPS) is 28.7. The molecule has 1 rings (SSSR count). The van der Waals surface area contributed by atoms with E-state index < -0.39 is 35.4 Å². The molecule has 146 valence electrons. The van der Waals surface area contributed by atoms with Crippen molar-refractivity contribution in [3.8, 4) is 0 Å². The molecule has 0 aliphatic heterocycles. The Kier molecular flexibility index (Phi) is 6.81. The minimum Gasteiger partial charge on any atom is -0.457 e. The number of carbonyl (C=O) groups excluding carboxylic acids is 2. The van der Waals surface area contributed by atoms with Gasteiger partial charge in [-0.1, -0.05) is 34.1 Å². The lowest BCUT2D eigenvalue weighted by Gasteiger charge is -2.36. The van der Waals surface area contributed by atoms with Gasteiger partial charge in [0.1, 0.15) is 6.10 Å². The molecule has 0 spiro atoms. The number of aliphatic hydroxyl groups is 1. The van der Waals surface area contributed by atoms with E-state index in [9.17, 15) is 14.7 Å². The maximum Gasteiger partial charge on any atom is 0.303 e. The Morgan fingerprint density at radius 1 is 1.40 bits per heavy atom. The lowest BCUT2D eigenvalue weighted by atomic mass is 9.74. The fourth-order valence-electron chi connectivity index (χ4n) is 3.76. The zero-order chi connectivity index (χ0) is 19.6. The summed E-state index contributed by atoms with van der Waals surface area (Å²) in [6, 6.07) is 0. The summed E-state index contributed by atoms with van der Waals surface area (Å²) in [6.45, 7) is 12.3. The molecule has 0 heterocycles. The summed E-state index contributed by atoms with van der Waals surface area (Å²) < 4.78 is 11.5. The first-order chi connectivity index (χ1) is 11.3. The maximum absolute atomic E-state index is 12.9. The molecule has 1 saturated carbocycles. The van der Waals surface area contributed by atoms with E-state index in [4.69, 9.17) is 15.2 Å². The Hall–Kier alpha value is -0.980. The summed E-state index contributed by atoms with van der Waals surface area (Å²) >= 11 is 0. The molecule has 0 aromatic rings. The molecule has 4 unspecified atom stereocenters. The first-order valence-corrected chi connectivity index (χ1v) is 9.18. The molecule has 0 saturated heterocycles. The van der Waals surface area contributed by atoms with Crippen molar-refractivity contribution >= 4 is 11.8 Å². The van der Waals surface area contributed by atoms with Crippen LogP contribution in [-0.2, 0) is 19.1 Å². The van der Waals surface area contributed by atoms with Gasteiger partial charge in [0.05, 0.1) is 17.2 Å². The van der Waals surface area contributed by atoms with Crippen LogP contribution in [0.4, 0.5) is 0 Å². The van der Waals surface area contributed by atoms with Crippen molar-refractivity contribution in [1.82, 2.24) is 0 Å². The monoisotopic (exact) mass is 357 g/mol. The number of hydrogen-bond acceptors (Lipinski definition) is 6. The van der Waals surface area contributed by atoms with Crippen LogP contribution in [0.3, 0.4) is 0 Å². The number of Topliss-reactive ketones (excluding diaryl/α,β-unsaturated/α-hetero) is 1. The van der Waals surface area contributed by atoms with E-state index in [2.05, 4.69) is 0 Å². The molecule has 1 aliphatic carbocycles. The number of ether oxygens (including phenoxy) is 2. The minimum atomic E-state index is -1.28. The van der Waals surface area contributed by atoms with Crippen LogP contribution in [0.15, 0.2) is 0 Å². The molecule has 0 aromatic heterocycles. The van der Waals surface area contributed by atoms with Crippen LogP contribution < -0.4 is 5.73 Å². The van der Waals surface area contributed by atoms with E-state index in [1.165, 1.54) is 6.92 Å². The first-order valence-electron chi connectivity index (χ1n) is 9.18. The second-order valence-electron chi connectivity index (χ2n) is 8.41. The Morgan fingerprint density at radius 3 is 2.32 bits per heavy atom. The molecule has 1 fully saturated rings. The second kappa shape index (κ2) is 7.72. The van der Waals surface area contributed by atoms with Crippen molar-refractivity contribution in [3.05, 3.63) is 0 Å². The predicted molar refractivity (Wildman–Crippen MR) is 96.0 cm³/mol. The summed E-state index contributed by atoms with van der Waals surface area (Å²) in [5, 5.41) is 10.4. The highest BCUT2D eigenvalue weighted by molar-refractivity contribution is 5.95. The van der Waals surface area contributed by atoms with E-state index in [0.29, 0.717) is 19.3 Å². The molecule has 1 aliphatic rings. The number of rotatable bonds is 8. The van der Waals surface area contributed by atoms with E-state index >= 15 is 0 Å². The minimum absolute atomic E-state index is 0.113. The van der Waals surface area contributed by atoms with Crippen molar-refractivity contribution in [2.45, 2.75) is 104 Å². The highest BCUT2D eigenvalue weighted by Gasteiger charge is 2.57. The number of hydrogen-bond donors (Lipinski definition) is 2. The fraction of sp³-hybridized carbons (Fsp3) is 0.895. The SMILES string of the molecule is CCCC(OC1CC(C)(C)C(N)(CC)C1=O)C(OC(C)=O)C(C)(C)O. The Morgan fingerprint density at radius 2 is 1.96 bits per heavy atom. The van der Waals surface area contributed by atoms with Crippen LogP contribution in [-0.4, -0.2) is 46.3 Å². The fourth-order valence-corrected chi connectivity index (χ4v) is 3.76. The van der Waals surface area contributed by atoms with Crippen LogP contribution in [0.2, 0.25) is 0 Å². The van der Waals surface area contributed by atoms with Crippen LogP contribution in [0.5, 0.6) is 0 Å². The van der Waals surface area contributed by atoms with Gasteiger partial charge in [0.25, 0.3) is 0 Å². The molecule has 4 atom stereocenters. The quantitative estimate of drug-likeness (QED) is 0.647. The van der Waals surface area contributed by atoms with Crippen molar-refractivity contribution in [1.29, 1.82) is 0 Å². The summed E-state index contributed by atoms with van der Waals surface area (Å²) in [4.78, 5) is 24.4. The van der Waals surface area contributed by atoms with Gasteiger partial charge in [-0.2, -0.15) is 0 Å². The maximum atomic E-state index is 12.9. The van der Waals surface area contributed by atoms with Gasteiger partial charge < -0.3 is 20.3 Å². The molecule has 25 heavy (non-hydrogen) atoms. The number of esters is 1. The molecule has 0 bridgehead atoms. The van der Waals surface area contributed by atoms with Crippen molar-refractivity contribution < 1.29 is 24.2 Å². The van der Waals surface area contributed by atoms with Gasteiger partial charge in [0.15, 0.2) is 11.9 Å². The van der Waals surface area contributed by atoms with Gasteiger partial charge in [0.2, 0.25) is 0 Å². The zero-order valence-corrected chi connectivity index (χ0v) is 16.7. The number of carbonyl (C=O) groups is 2. The predicted octanol–water partition coefficient (Wildman–Crippen LogP) is 2.35. The van der Waals surface area contributed by atoms with Gasteiger partial charge in [-0.3, -0.25) is 9.59 Å². The van der Waals surface area contributed by atoms with E-state index in [0.717, 1.165) is 6.42 Å². The number of nitrogens with two attached hydrogens (primary N) is 1. The van der Waals surface area contributed by atoms with E-state index in [-0.39, 0.29) is 11.2 Å². The van der Waals surface area contributed by atoms with Crippen LogP contribution >= 0.6 is 0 Å². The van der Waals surface area contributed by atoms with Crippen molar-refractivity contribution in [2.24, 2.45) is 11.1 Å². The Labute approximate surface area is 151 Å². The summed E-state index contributed by atoms with van der Waals surface area (Å²) in [5.74, 6) is -0.602. The molecule has 0 radical (unpaired) electrons. The van der Waals surface area contributed by atoms with Crippen LogP contribution in [0.25, 0.3) is 0 Å². The summed E-state index contributed by atoms with van der Waals surface area (Å²) in [6.07, 6.45) is 0.302. The molecule has 0 amide bonds. The lowest BCUT2D eigenvalue weighted by molar-refractivity contribution is -0.187. The molecule has 6 heteroatoms. The lowest BCUT2D eigenvalue weighted by Crippen LogP contribution is -2.55. The molecule has 6 nitrogen and oxygen atoms in total. The Bertz CT molecular complexity index is 497. The van der Waals surface area contributed by atoms with Crippen LogP contribution in [0.1, 0.15) is 74.1 Å². The standard InChI is InChI=1S/C19H35NO5/c1-8-10-13(16(18(6,7)23)24-12(3)21)25-14-11-17(4,5)19(20,9-2)15(14)22/h13-14,16,23H,8-11,20H2,1-7H3. The molecular weight excluding hydrogens is 322 g/mol. The largest absolute Gasteiger partial charge is 0.457 e. The first kappa shape index (κ1) is 22.1. The van der Waals surface area contributed by atoms with E-state index in [1.807, 2.05) is 27.7 Å². The van der Waals surface area contributed by atoms with Gasteiger partial charge >= 0.3 is 5.97 Å². The summed E-state index contributed by atoms with van der Waals surface area (Å²) in [5.41, 5.74) is 3.80. The second-order valence-corrected chi connectivity index (χ2v) is 8.41. The zero-order valence-electron chi connectivity index (χ0n) is 16.7. The Balaban J connectivity index is 3.09. The number of ketones is 1. The van der Waals surface area contributed by atoms with E-state index in [1.54, 1.807) is 13.8 Å². The highest BCUT2D eigenvalue weighted by atomic mass is 16.6. The van der Waals surface area contributed by atoms with Gasteiger partial charge in [-0.15, -0.1) is 0 Å². The van der Waals surface area contributed by atoms with Crippen LogP contribution in [0, 0.1) is 5.41 Å². The average molecular weight is 357 g/mol. The van der Waals surface area contributed by atoms with Crippen molar-refractivity contribution in [3.63, 3.8) is 0 Å². The van der Waals surface area contributed by atoms with Gasteiger partial charge in [0, 0.05) is 6.92 Å². The van der Waals surface area contributed by atoms with Crippen molar-refractivity contribution in [2.75, 3.05) is 0 Å². The topological polar surface area (TPSA) is 98.9 Å². The third-order valence-corrected chi connectivity index (χ3v) is 5.43. The van der Waals surface area contributed by atoms with Gasteiger partial charge in [-0.05, 0) is 38.5 Å². The van der Waals surface area contributed by atoms with Gasteiger partial charge in [-0.25, -0.2) is 0 Å². The molecule has 0 aromatic carbocycles.